The summed E-state index contributed by atoms with van der Waals surface area (Å²) < 4.78 is 2.06. The highest BCUT2D eigenvalue weighted by Gasteiger charge is 2.12. The van der Waals surface area contributed by atoms with Gasteiger partial charge in [0.2, 0.25) is 0 Å². The minimum atomic E-state index is 0.176. The van der Waals surface area contributed by atoms with Crippen LogP contribution >= 0.6 is 55.1 Å². The van der Waals surface area contributed by atoms with E-state index in [4.69, 9.17) is 23.2 Å². The molecule has 0 spiro atoms. The van der Waals surface area contributed by atoms with E-state index in [0.29, 0.717) is 10.0 Å². The summed E-state index contributed by atoms with van der Waals surface area (Å²) in [6.45, 7) is 2.13. The lowest BCUT2D eigenvalue weighted by Gasteiger charge is -2.20. The molecule has 5 heteroatoms. The van der Waals surface area contributed by atoms with Gasteiger partial charge < -0.3 is 5.32 Å². The Morgan fingerprint density at radius 2 is 1.80 bits per heavy atom. The van der Waals surface area contributed by atoms with Gasteiger partial charge in [-0.1, -0.05) is 52.1 Å². The SMILES string of the molecule is CCC(Nc1cc(Br)ccc1Br)c1ccc(Cl)c(Cl)c1. The van der Waals surface area contributed by atoms with Gasteiger partial charge in [-0.15, -0.1) is 0 Å². The van der Waals surface area contributed by atoms with Crippen molar-refractivity contribution in [3.05, 3.63) is 61.0 Å². The zero-order valence-electron chi connectivity index (χ0n) is 10.8. The number of halogens is 4. The van der Waals surface area contributed by atoms with Gasteiger partial charge in [0.05, 0.1) is 21.8 Å². The molecule has 1 nitrogen and oxygen atoms in total. The van der Waals surface area contributed by atoms with Gasteiger partial charge in [-0.05, 0) is 58.2 Å². The fraction of sp³-hybridized carbons (Fsp3) is 0.200. The maximum atomic E-state index is 6.10. The summed E-state index contributed by atoms with van der Waals surface area (Å²) in [7, 11) is 0. The molecule has 0 aliphatic carbocycles. The molecule has 2 aromatic carbocycles. The molecule has 0 aliphatic rings. The molecule has 0 saturated heterocycles. The topological polar surface area (TPSA) is 12.0 Å². The molecule has 0 aromatic heterocycles. The Balaban J connectivity index is 2.28. The maximum Gasteiger partial charge on any atom is 0.0595 e. The highest BCUT2D eigenvalue weighted by atomic mass is 79.9. The molecule has 1 unspecified atom stereocenters. The summed E-state index contributed by atoms with van der Waals surface area (Å²) in [5.74, 6) is 0. The van der Waals surface area contributed by atoms with Gasteiger partial charge >= 0.3 is 0 Å². The largest absolute Gasteiger partial charge is 0.377 e. The second kappa shape index (κ2) is 7.17. The van der Waals surface area contributed by atoms with Crippen LogP contribution in [-0.2, 0) is 0 Å². The molecule has 0 saturated carbocycles. The number of anilines is 1. The first-order valence-electron chi connectivity index (χ1n) is 6.17. The summed E-state index contributed by atoms with van der Waals surface area (Å²) in [5, 5.41) is 4.68. The molecular formula is C15H13Br2Cl2N. The summed E-state index contributed by atoms with van der Waals surface area (Å²) in [4.78, 5) is 0. The molecule has 0 aliphatic heterocycles. The Morgan fingerprint density at radius 3 is 2.45 bits per heavy atom. The van der Waals surface area contributed by atoms with Crippen LogP contribution in [-0.4, -0.2) is 0 Å². The minimum Gasteiger partial charge on any atom is -0.377 e. The van der Waals surface area contributed by atoms with Gasteiger partial charge in [-0.2, -0.15) is 0 Å². The first-order chi connectivity index (χ1) is 9.51. The summed E-state index contributed by atoms with van der Waals surface area (Å²) in [5.41, 5.74) is 2.16. The predicted molar refractivity (Wildman–Crippen MR) is 95.0 cm³/mol. The highest BCUT2D eigenvalue weighted by Crippen LogP contribution is 2.32. The monoisotopic (exact) mass is 435 g/mol. The van der Waals surface area contributed by atoms with Crippen molar-refractivity contribution in [2.45, 2.75) is 19.4 Å². The Kier molecular flexibility index (Phi) is 5.79. The predicted octanol–water partition coefficient (Wildman–Crippen LogP) is 7.08. The third kappa shape index (κ3) is 3.91. The van der Waals surface area contributed by atoms with Crippen molar-refractivity contribution >= 4 is 60.7 Å². The summed E-state index contributed by atoms with van der Waals surface area (Å²) in [6.07, 6.45) is 0.941. The van der Waals surface area contributed by atoms with Crippen molar-refractivity contribution in [3.63, 3.8) is 0 Å². The molecule has 0 bridgehead atoms. The average molecular weight is 438 g/mol. The fourth-order valence-corrected chi connectivity index (χ4v) is 2.97. The van der Waals surface area contributed by atoms with Gasteiger partial charge in [0.25, 0.3) is 0 Å². The van der Waals surface area contributed by atoms with Gasteiger partial charge in [-0.3, -0.25) is 0 Å². The van der Waals surface area contributed by atoms with Crippen LogP contribution < -0.4 is 5.32 Å². The Hall–Kier alpha value is -0.220. The van der Waals surface area contributed by atoms with E-state index in [9.17, 15) is 0 Å². The van der Waals surface area contributed by atoms with Crippen LogP contribution in [0.2, 0.25) is 10.0 Å². The quantitative estimate of drug-likeness (QED) is 0.538. The lowest BCUT2D eigenvalue weighted by molar-refractivity contribution is 0.749. The van der Waals surface area contributed by atoms with Crippen molar-refractivity contribution in [1.29, 1.82) is 0 Å². The molecule has 0 fully saturated rings. The van der Waals surface area contributed by atoms with Crippen LogP contribution in [0.1, 0.15) is 24.9 Å². The van der Waals surface area contributed by atoms with E-state index in [1.54, 1.807) is 0 Å². The van der Waals surface area contributed by atoms with Crippen LogP contribution in [0.5, 0.6) is 0 Å². The average Bonchev–Trinajstić information content (AvgIpc) is 2.43. The van der Waals surface area contributed by atoms with E-state index in [0.717, 1.165) is 26.6 Å². The normalized spacial score (nSPS) is 12.2. The zero-order chi connectivity index (χ0) is 14.7. The number of hydrogen-bond acceptors (Lipinski definition) is 1. The van der Waals surface area contributed by atoms with Crippen LogP contribution in [0.3, 0.4) is 0 Å². The smallest absolute Gasteiger partial charge is 0.0595 e. The van der Waals surface area contributed by atoms with Gasteiger partial charge in [-0.25, -0.2) is 0 Å². The van der Waals surface area contributed by atoms with Crippen molar-refractivity contribution in [2.24, 2.45) is 0 Å². The maximum absolute atomic E-state index is 6.10. The van der Waals surface area contributed by atoms with Crippen LogP contribution in [0.15, 0.2) is 45.3 Å². The Labute approximate surface area is 145 Å². The van der Waals surface area contributed by atoms with Crippen LogP contribution in [0, 0.1) is 0 Å². The fourth-order valence-electron chi connectivity index (χ4n) is 1.95. The van der Waals surface area contributed by atoms with Gasteiger partial charge in [0.15, 0.2) is 0 Å². The number of nitrogens with one attached hydrogen (secondary N) is 1. The summed E-state index contributed by atoms with van der Waals surface area (Å²) in [6, 6.07) is 12.0. The standard InChI is InChI=1S/C15H13Br2Cl2N/c1-2-14(9-3-6-12(18)13(19)7-9)20-15-8-10(16)4-5-11(15)17/h3-8,14,20H,2H2,1H3. The molecule has 106 valence electrons. The number of benzene rings is 2. The lowest BCUT2D eigenvalue weighted by atomic mass is 10.0. The lowest BCUT2D eigenvalue weighted by Crippen LogP contribution is -2.10. The van der Waals surface area contributed by atoms with Crippen LogP contribution in [0.25, 0.3) is 0 Å². The molecule has 0 radical (unpaired) electrons. The Morgan fingerprint density at radius 1 is 1.05 bits per heavy atom. The third-order valence-electron chi connectivity index (χ3n) is 3.01. The molecule has 2 rings (SSSR count). The molecule has 0 amide bonds. The third-order valence-corrected chi connectivity index (χ3v) is 4.94. The molecule has 20 heavy (non-hydrogen) atoms. The zero-order valence-corrected chi connectivity index (χ0v) is 15.4. The van der Waals surface area contributed by atoms with Crippen molar-refractivity contribution in [3.8, 4) is 0 Å². The van der Waals surface area contributed by atoms with Crippen molar-refractivity contribution in [2.75, 3.05) is 5.32 Å². The van der Waals surface area contributed by atoms with E-state index in [2.05, 4.69) is 44.1 Å². The van der Waals surface area contributed by atoms with E-state index in [1.807, 2.05) is 36.4 Å². The van der Waals surface area contributed by atoms with Crippen molar-refractivity contribution in [1.82, 2.24) is 0 Å². The number of hydrogen-bond donors (Lipinski definition) is 1. The van der Waals surface area contributed by atoms with E-state index in [-0.39, 0.29) is 6.04 Å². The minimum absolute atomic E-state index is 0.176. The second-order valence-electron chi connectivity index (χ2n) is 4.40. The Bertz CT molecular complexity index is 617. The van der Waals surface area contributed by atoms with Gasteiger partial charge in [0, 0.05) is 8.95 Å². The molecule has 2 aromatic rings. The second-order valence-corrected chi connectivity index (χ2v) is 6.99. The summed E-state index contributed by atoms with van der Waals surface area (Å²) >= 11 is 19.1. The highest BCUT2D eigenvalue weighted by molar-refractivity contribution is 9.11. The van der Waals surface area contributed by atoms with Crippen LogP contribution in [0.4, 0.5) is 5.69 Å². The van der Waals surface area contributed by atoms with E-state index >= 15 is 0 Å². The van der Waals surface area contributed by atoms with Crippen molar-refractivity contribution < 1.29 is 0 Å². The molecule has 0 heterocycles. The molecule has 1 N–H and O–H groups in total. The first-order valence-corrected chi connectivity index (χ1v) is 8.52. The molecule has 1 atom stereocenters. The van der Waals surface area contributed by atoms with Gasteiger partial charge in [0.1, 0.15) is 0 Å². The first kappa shape index (κ1) is 16.2. The van der Waals surface area contributed by atoms with E-state index < -0.39 is 0 Å². The number of rotatable bonds is 4. The molecular weight excluding hydrogens is 425 g/mol. The van der Waals surface area contributed by atoms with E-state index in [1.165, 1.54) is 0 Å².